The summed E-state index contributed by atoms with van der Waals surface area (Å²) in [4.78, 5) is 0. The molecular formula is C17H24FN3OS. The van der Waals surface area contributed by atoms with Crippen molar-refractivity contribution in [2.45, 2.75) is 39.2 Å². The van der Waals surface area contributed by atoms with Crippen LogP contribution in [0, 0.1) is 19.7 Å². The van der Waals surface area contributed by atoms with Gasteiger partial charge in [-0.05, 0) is 43.4 Å². The molecule has 0 bridgehead atoms. The van der Waals surface area contributed by atoms with E-state index in [0.717, 1.165) is 33.8 Å². The van der Waals surface area contributed by atoms with Crippen molar-refractivity contribution in [2.75, 3.05) is 12.9 Å². The van der Waals surface area contributed by atoms with Gasteiger partial charge in [0.05, 0.1) is 18.8 Å². The van der Waals surface area contributed by atoms with Gasteiger partial charge in [-0.2, -0.15) is 16.9 Å². The fraction of sp³-hybridized carbons (Fsp3) is 0.471. The first-order chi connectivity index (χ1) is 11.1. The van der Waals surface area contributed by atoms with Crippen molar-refractivity contribution in [3.63, 3.8) is 0 Å². The molecule has 23 heavy (non-hydrogen) atoms. The van der Waals surface area contributed by atoms with Gasteiger partial charge in [-0.3, -0.25) is 4.68 Å². The van der Waals surface area contributed by atoms with Crippen LogP contribution in [0.2, 0.25) is 0 Å². The number of hydrogen-bond acceptors (Lipinski definition) is 4. The molecule has 0 aliphatic carbocycles. The average molecular weight is 337 g/mol. The van der Waals surface area contributed by atoms with Gasteiger partial charge >= 0.3 is 0 Å². The number of hydrogen-bond donors (Lipinski definition) is 2. The highest BCUT2D eigenvalue weighted by Crippen LogP contribution is 2.17. The predicted octanol–water partition coefficient (Wildman–Crippen LogP) is 2.78. The minimum Gasteiger partial charge on any atom is -0.394 e. The summed E-state index contributed by atoms with van der Waals surface area (Å²) in [6, 6.07) is 4.97. The summed E-state index contributed by atoms with van der Waals surface area (Å²) in [6.45, 7) is 6.00. The van der Waals surface area contributed by atoms with Crippen LogP contribution in [0.5, 0.6) is 0 Å². The van der Waals surface area contributed by atoms with Crippen molar-refractivity contribution in [1.82, 2.24) is 15.1 Å². The minimum absolute atomic E-state index is 0.0858. The molecule has 0 aliphatic rings. The Balaban J connectivity index is 2.03. The van der Waals surface area contributed by atoms with Crippen LogP contribution in [0.4, 0.5) is 4.39 Å². The number of benzene rings is 1. The number of rotatable bonds is 8. The summed E-state index contributed by atoms with van der Waals surface area (Å²) in [5, 5.41) is 16.9. The lowest BCUT2D eigenvalue weighted by atomic mass is 10.1. The van der Waals surface area contributed by atoms with E-state index in [4.69, 9.17) is 5.11 Å². The lowest BCUT2D eigenvalue weighted by Crippen LogP contribution is -2.15. The Kier molecular flexibility index (Phi) is 6.62. The third kappa shape index (κ3) is 4.56. The van der Waals surface area contributed by atoms with Crippen LogP contribution in [-0.2, 0) is 25.4 Å². The molecule has 1 heterocycles. The van der Waals surface area contributed by atoms with Crippen LogP contribution in [0.15, 0.2) is 18.2 Å². The molecular weight excluding hydrogens is 313 g/mol. The Labute approximate surface area is 141 Å². The van der Waals surface area contributed by atoms with E-state index >= 15 is 0 Å². The standard InChI is InChI=1S/C17H24FN3OS/c1-12-17(13(2)21(20-12)6-7-22)10-19-9-14-4-5-16(18)8-15(14)11-23-3/h4-5,8,19,22H,6-7,9-11H2,1-3H3. The highest BCUT2D eigenvalue weighted by molar-refractivity contribution is 7.97. The van der Waals surface area contributed by atoms with E-state index in [0.29, 0.717) is 19.6 Å². The Hall–Kier alpha value is -1.37. The zero-order chi connectivity index (χ0) is 16.8. The molecule has 0 atom stereocenters. The molecule has 0 saturated heterocycles. The Morgan fingerprint density at radius 1 is 1.26 bits per heavy atom. The van der Waals surface area contributed by atoms with Gasteiger partial charge in [0, 0.05) is 30.1 Å². The molecule has 0 radical (unpaired) electrons. The van der Waals surface area contributed by atoms with Gasteiger partial charge in [0.15, 0.2) is 0 Å². The quantitative estimate of drug-likeness (QED) is 0.778. The monoisotopic (exact) mass is 337 g/mol. The van der Waals surface area contributed by atoms with Gasteiger partial charge in [0.25, 0.3) is 0 Å². The second-order valence-electron chi connectivity index (χ2n) is 5.55. The fourth-order valence-electron chi connectivity index (χ4n) is 2.68. The number of aliphatic hydroxyl groups is 1. The van der Waals surface area contributed by atoms with Gasteiger partial charge in [0.1, 0.15) is 5.82 Å². The lowest BCUT2D eigenvalue weighted by Gasteiger charge is -2.11. The van der Waals surface area contributed by atoms with E-state index in [1.807, 2.05) is 30.9 Å². The molecule has 4 nitrogen and oxygen atoms in total. The molecule has 0 amide bonds. The summed E-state index contributed by atoms with van der Waals surface area (Å²) in [6.07, 6.45) is 2.02. The van der Waals surface area contributed by atoms with Crippen LogP contribution >= 0.6 is 11.8 Å². The van der Waals surface area contributed by atoms with E-state index in [1.54, 1.807) is 17.8 Å². The SMILES string of the molecule is CSCc1cc(F)ccc1CNCc1c(C)nn(CCO)c1C. The van der Waals surface area contributed by atoms with Gasteiger partial charge in [-0.1, -0.05) is 6.07 Å². The average Bonchev–Trinajstić information content (AvgIpc) is 2.77. The van der Waals surface area contributed by atoms with E-state index in [2.05, 4.69) is 10.4 Å². The number of nitrogens with zero attached hydrogens (tertiary/aromatic N) is 2. The van der Waals surface area contributed by atoms with Crippen LogP contribution in [0.25, 0.3) is 0 Å². The smallest absolute Gasteiger partial charge is 0.123 e. The van der Waals surface area contributed by atoms with E-state index in [-0.39, 0.29) is 12.4 Å². The molecule has 2 N–H and O–H groups in total. The molecule has 0 fully saturated rings. The van der Waals surface area contributed by atoms with Gasteiger partial charge in [0.2, 0.25) is 0 Å². The first-order valence-electron chi connectivity index (χ1n) is 7.67. The number of aromatic nitrogens is 2. The number of nitrogens with one attached hydrogen (secondary N) is 1. The summed E-state index contributed by atoms with van der Waals surface area (Å²) < 4.78 is 15.2. The van der Waals surface area contributed by atoms with E-state index < -0.39 is 0 Å². The molecule has 0 unspecified atom stereocenters. The van der Waals surface area contributed by atoms with Gasteiger partial charge in [-0.25, -0.2) is 4.39 Å². The zero-order valence-electron chi connectivity index (χ0n) is 13.9. The molecule has 0 spiro atoms. The van der Waals surface area contributed by atoms with Crippen molar-refractivity contribution in [1.29, 1.82) is 0 Å². The number of aryl methyl sites for hydroxylation is 1. The molecule has 6 heteroatoms. The number of aliphatic hydroxyl groups excluding tert-OH is 1. The Morgan fingerprint density at radius 3 is 2.74 bits per heavy atom. The Bertz CT molecular complexity index is 658. The van der Waals surface area contributed by atoms with Crippen LogP contribution in [0.3, 0.4) is 0 Å². The van der Waals surface area contributed by atoms with E-state index in [1.165, 1.54) is 6.07 Å². The first kappa shape index (κ1) is 18.0. The van der Waals surface area contributed by atoms with E-state index in [9.17, 15) is 4.39 Å². The second kappa shape index (κ2) is 8.47. The van der Waals surface area contributed by atoms with Crippen LogP contribution in [-0.4, -0.2) is 27.7 Å². The summed E-state index contributed by atoms with van der Waals surface area (Å²) in [7, 11) is 0. The first-order valence-corrected chi connectivity index (χ1v) is 9.07. The highest BCUT2D eigenvalue weighted by atomic mass is 32.2. The third-order valence-electron chi connectivity index (χ3n) is 3.93. The predicted molar refractivity (Wildman–Crippen MR) is 92.9 cm³/mol. The van der Waals surface area contributed by atoms with Crippen molar-refractivity contribution < 1.29 is 9.50 Å². The zero-order valence-corrected chi connectivity index (χ0v) is 14.7. The van der Waals surface area contributed by atoms with Gasteiger partial charge < -0.3 is 10.4 Å². The maximum atomic E-state index is 13.4. The molecule has 1 aromatic heterocycles. The van der Waals surface area contributed by atoms with Gasteiger partial charge in [-0.15, -0.1) is 0 Å². The maximum Gasteiger partial charge on any atom is 0.123 e. The molecule has 2 rings (SSSR count). The van der Waals surface area contributed by atoms with Crippen molar-refractivity contribution in [2.24, 2.45) is 0 Å². The summed E-state index contributed by atoms with van der Waals surface area (Å²) in [5.74, 6) is 0.621. The van der Waals surface area contributed by atoms with Crippen molar-refractivity contribution in [3.05, 3.63) is 52.1 Å². The lowest BCUT2D eigenvalue weighted by molar-refractivity contribution is 0.267. The van der Waals surface area contributed by atoms with Crippen LogP contribution in [0.1, 0.15) is 28.1 Å². The third-order valence-corrected chi connectivity index (χ3v) is 4.53. The van der Waals surface area contributed by atoms with Crippen molar-refractivity contribution in [3.8, 4) is 0 Å². The van der Waals surface area contributed by atoms with Crippen LogP contribution < -0.4 is 5.32 Å². The number of halogens is 1. The second-order valence-corrected chi connectivity index (χ2v) is 6.41. The molecule has 0 aliphatic heterocycles. The molecule has 126 valence electrons. The molecule has 0 saturated carbocycles. The fourth-order valence-corrected chi connectivity index (χ4v) is 3.26. The number of thioether (sulfide) groups is 1. The molecule has 1 aromatic carbocycles. The normalized spacial score (nSPS) is 11.2. The molecule has 2 aromatic rings. The largest absolute Gasteiger partial charge is 0.394 e. The highest BCUT2D eigenvalue weighted by Gasteiger charge is 2.11. The summed E-state index contributed by atoms with van der Waals surface area (Å²) in [5.41, 5.74) is 5.37. The minimum atomic E-state index is -0.185. The van der Waals surface area contributed by atoms with Crippen molar-refractivity contribution >= 4 is 11.8 Å². The topological polar surface area (TPSA) is 50.1 Å². The maximum absolute atomic E-state index is 13.4. The Morgan fingerprint density at radius 2 is 2.04 bits per heavy atom. The summed E-state index contributed by atoms with van der Waals surface area (Å²) >= 11 is 1.69.